The molecular formula is C45H84N4O12. The van der Waals surface area contributed by atoms with Crippen molar-refractivity contribution in [1.82, 2.24) is 19.6 Å². The second-order valence-electron chi connectivity index (χ2n) is 20.7. The predicted octanol–water partition coefficient (Wildman–Crippen LogP) is 4.27. The summed E-state index contributed by atoms with van der Waals surface area (Å²) in [6, 6.07) is 0.704. The fourth-order valence-corrected chi connectivity index (χ4v) is 9.01. The smallest absolute Gasteiger partial charge is 0.162 e. The first-order chi connectivity index (χ1) is 28.6. The molecule has 6 rings (SSSR count). The topological polar surface area (TPSA) is 124 Å². The number of ether oxygens (including phenoxy) is 12. The van der Waals surface area contributed by atoms with Crippen molar-refractivity contribution in [3.8, 4) is 0 Å². The molecule has 0 bridgehead atoms. The molecule has 0 aromatic rings. The third kappa shape index (κ3) is 15.2. The lowest BCUT2D eigenvalue weighted by Crippen LogP contribution is -2.59. The van der Waals surface area contributed by atoms with Gasteiger partial charge in [0.1, 0.15) is 0 Å². The van der Waals surface area contributed by atoms with E-state index in [1.54, 1.807) is 0 Å². The Morgan fingerprint density at radius 1 is 0.262 bits per heavy atom. The first kappa shape index (κ1) is 49.8. The van der Waals surface area contributed by atoms with Crippen LogP contribution in [0.1, 0.15) is 102 Å². The average Bonchev–Trinajstić information content (AvgIpc) is 3.18. The van der Waals surface area contributed by atoms with E-state index in [2.05, 4.69) is 19.6 Å². The van der Waals surface area contributed by atoms with Gasteiger partial charge in [0.05, 0.1) is 116 Å². The van der Waals surface area contributed by atoms with Gasteiger partial charge in [-0.2, -0.15) is 0 Å². The first-order valence-corrected chi connectivity index (χ1v) is 23.3. The second-order valence-corrected chi connectivity index (χ2v) is 20.7. The molecule has 0 unspecified atom stereocenters. The summed E-state index contributed by atoms with van der Waals surface area (Å²) in [6.45, 7) is 36.6. The molecule has 61 heavy (non-hydrogen) atoms. The summed E-state index contributed by atoms with van der Waals surface area (Å²) in [5.41, 5.74) is 0. The summed E-state index contributed by atoms with van der Waals surface area (Å²) in [6.07, 6.45) is 2.93. The van der Waals surface area contributed by atoms with Gasteiger partial charge in [-0.1, -0.05) is 0 Å². The Morgan fingerprint density at radius 2 is 0.410 bits per heavy atom. The summed E-state index contributed by atoms with van der Waals surface area (Å²) in [5, 5.41) is 0. The van der Waals surface area contributed by atoms with Crippen molar-refractivity contribution in [3.63, 3.8) is 0 Å². The second kappa shape index (κ2) is 20.9. The summed E-state index contributed by atoms with van der Waals surface area (Å²) in [5.74, 6) is -3.51. The van der Waals surface area contributed by atoms with E-state index < -0.39 is 34.7 Å². The van der Waals surface area contributed by atoms with E-state index in [4.69, 9.17) is 56.8 Å². The van der Waals surface area contributed by atoms with Crippen molar-refractivity contribution in [2.45, 2.75) is 173 Å². The quantitative estimate of drug-likeness (QED) is 0.195. The molecule has 0 aromatic heterocycles. The predicted molar refractivity (Wildman–Crippen MR) is 229 cm³/mol. The Labute approximate surface area is 367 Å². The zero-order valence-electron chi connectivity index (χ0n) is 40.0. The zero-order chi connectivity index (χ0) is 44.1. The number of hydrogen-bond donors (Lipinski definition) is 0. The van der Waals surface area contributed by atoms with Crippen LogP contribution in [-0.2, 0) is 56.8 Å². The van der Waals surface area contributed by atoms with Gasteiger partial charge in [-0.05, 0) is 122 Å². The maximum atomic E-state index is 6.18. The van der Waals surface area contributed by atoms with E-state index in [-0.39, 0.29) is 36.3 Å². The van der Waals surface area contributed by atoms with Crippen LogP contribution < -0.4 is 0 Å². The molecule has 0 atom stereocenters. The van der Waals surface area contributed by atoms with Gasteiger partial charge in [0.2, 0.25) is 0 Å². The lowest BCUT2D eigenvalue weighted by Gasteiger charge is -2.46. The standard InChI is InChI=1S/C45H84N4O12/c1-40(2)50-22-34(23-51-40)47(35-24-52-41(3,4)53-25-35)19-13-16-46(17-14-20-48(36-26-54-42(5,6)55-27-36)37-28-56-43(7,8)57-29-37)18-15-21-49(38-30-58-44(9,10)59-31-38)39-32-60-45(11,12)61-33-39/h34-39H,13-33H2,1-12H3. The molecule has 0 spiro atoms. The minimum Gasteiger partial charge on any atom is -0.349 e. The molecule has 6 aliphatic heterocycles. The molecule has 6 heterocycles. The van der Waals surface area contributed by atoms with Crippen LogP contribution in [0.25, 0.3) is 0 Å². The molecular weight excluding hydrogens is 789 g/mol. The highest BCUT2D eigenvalue weighted by atomic mass is 16.7. The van der Waals surface area contributed by atoms with Crippen LogP contribution in [0.5, 0.6) is 0 Å². The Kier molecular flexibility index (Phi) is 17.1. The molecule has 0 N–H and O–H groups in total. The van der Waals surface area contributed by atoms with Crippen molar-refractivity contribution < 1.29 is 56.8 Å². The van der Waals surface area contributed by atoms with Gasteiger partial charge in [-0.3, -0.25) is 14.7 Å². The molecule has 0 saturated carbocycles. The van der Waals surface area contributed by atoms with Crippen LogP contribution in [0.4, 0.5) is 0 Å². The maximum Gasteiger partial charge on any atom is 0.162 e. The number of hydrogen-bond acceptors (Lipinski definition) is 16. The van der Waals surface area contributed by atoms with Crippen molar-refractivity contribution in [2.24, 2.45) is 0 Å². The van der Waals surface area contributed by atoms with Crippen LogP contribution >= 0.6 is 0 Å². The number of nitrogens with zero attached hydrogens (tertiary/aromatic N) is 4. The Hall–Kier alpha value is -0.640. The number of rotatable bonds is 18. The summed E-state index contributed by atoms with van der Waals surface area (Å²) in [4.78, 5) is 10.2. The van der Waals surface area contributed by atoms with E-state index in [9.17, 15) is 0 Å². The molecule has 0 aromatic carbocycles. The van der Waals surface area contributed by atoms with Crippen molar-refractivity contribution in [1.29, 1.82) is 0 Å². The van der Waals surface area contributed by atoms with Crippen molar-refractivity contribution in [3.05, 3.63) is 0 Å². The van der Waals surface area contributed by atoms with Gasteiger partial charge < -0.3 is 61.7 Å². The minimum absolute atomic E-state index is 0.117. The van der Waals surface area contributed by atoms with Crippen LogP contribution in [-0.4, -0.2) is 209 Å². The van der Waals surface area contributed by atoms with Gasteiger partial charge in [-0.15, -0.1) is 0 Å². The molecule has 16 heteroatoms. The van der Waals surface area contributed by atoms with Gasteiger partial charge in [0.15, 0.2) is 34.7 Å². The Bertz CT molecular complexity index is 1050. The third-order valence-corrected chi connectivity index (χ3v) is 13.0. The highest BCUT2D eigenvalue weighted by Gasteiger charge is 2.41. The van der Waals surface area contributed by atoms with Gasteiger partial charge in [0, 0.05) is 19.6 Å². The third-order valence-electron chi connectivity index (χ3n) is 13.0. The van der Waals surface area contributed by atoms with Crippen LogP contribution in [0.2, 0.25) is 0 Å². The molecule has 16 nitrogen and oxygen atoms in total. The molecule has 6 fully saturated rings. The highest BCUT2D eigenvalue weighted by Crippen LogP contribution is 2.29. The monoisotopic (exact) mass is 873 g/mol. The summed E-state index contributed by atoms with van der Waals surface area (Å²) in [7, 11) is 0. The van der Waals surface area contributed by atoms with Crippen LogP contribution in [0.3, 0.4) is 0 Å². The van der Waals surface area contributed by atoms with E-state index in [1.165, 1.54) is 0 Å². The Morgan fingerprint density at radius 3 is 0.557 bits per heavy atom. The Balaban J connectivity index is 1.13. The molecule has 0 aliphatic carbocycles. The molecule has 0 radical (unpaired) electrons. The van der Waals surface area contributed by atoms with Crippen molar-refractivity contribution in [2.75, 3.05) is 119 Å². The zero-order valence-corrected chi connectivity index (χ0v) is 40.0. The highest BCUT2D eigenvalue weighted by molar-refractivity contribution is 4.89. The lowest BCUT2D eigenvalue weighted by atomic mass is 10.1. The van der Waals surface area contributed by atoms with Crippen LogP contribution in [0.15, 0.2) is 0 Å². The van der Waals surface area contributed by atoms with Gasteiger partial charge >= 0.3 is 0 Å². The van der Waals surface area contributed by atoms with Crippen molar-refractivity contribution >= 4 is 0 Å². The minimum atomic E-state index is -0.585. The van der Waals surface area contributed by atoms with Crippen LogP contribution in [0, 0.1) is 0 Å². The lowest BCUT2D eigenvalue weighted by molar-refractivity contribution is -0.288. The first-order valence-electron chi connectivity index (χ1n) is 23.3. The SMILES string of the molecule is CC1(C)OCC(N(CCCN(CCCN(C2COC(C)(C)OC2)C2COC(C)(C)OC2)CCCN(C2COC(C)(C)OC2)C2COC(C)(C)OC2)C2COC(C)(C)OC2)CO1. The van der Waals surface area contributed by atoms with E-state index in [0.717, 1.165) is 58.5 Å². The normalized spacial score (nSPS) is 28.3. The van der Waals surface area contributed by atoms with E-state index in [1.807, 2.05) is 83.1 Å². The van der Waals surface area contributed by atoms with E-state index in [0.29, 0.717) is 79.3 Å². The maximum absolute atomic E-state index is 6.18. The van der Waals surface area contributed by atoms with E-state index >= 15 is 0 Å². The summed E-state index contributed by atoms with van der Waals surface area (Å²) >= 11 is 0. The fourth-order valence-electron chi connectivity index (χ4n) is 9.01. The average molecular weight is 873 g/mol. The summed E-state index contributed by atoms with van der Waals surface area (Å²) < 4.78 is 74.1. The molecule has 0 amide bonds. The largest absolute Gasteiger partial charge is 0.349 e. The van der Waals surface area contributed by atoms with Gasteiger partial charge in [0.25, 0.3) is 0 Å². The van der Waals surface area contributed by atoms with Gasteiger partial charge in [-0.25, -0.2) is 0 Å². The molecule has 6 aliphatic rings. The molecule has 6 saturated heterocycles. The molecule has 356 valence electrons. The fraction of sp³-hybridized carbons (Fsp3) is 1.00.